The molecule has 0 amide bonds. The predicted molar refractivity (Wildman–Crippen MR) is 56.1 cm³/mol. The predicted octanol–water partition coefficient (Wildman–Crippen LogP) is 1.78. The van der Waals surface area contributed by atoms with Gasteiger partial charge in [-0.3, -0.25) is 0 Å². The molecule has 76 valence electrons. The maximum atomic E-state index is 13.0. The molecule has 1 aromatic rings. The van der Waals surface area contributed by atoms with Crippen LogP contribution in [0.4, 0.5) is 4.39 Å². The average Bonchev–Trinajstić information content (AvgIpc) is 2.16. The third-order valence-corrected chi connectivity index (χ3v) is 2.29. The van der Waals surface area contributed by atoms with Crippen molar-refractivity contribution in [1.82, 2.24) is 0 Å². The summed E-state index contributed by atoms with van der Waals surface area (Å²) >= 11 is 1.58. The van der Waals surface area contributed by atoms with Crippen molar-refractivity contribution in [1.29, 1.82) is 0 Å². The van der Waals surface area contributed by atoms with Crippen LogP contribution in [0.5, 0.6) is 0 Å². The minimum atomic E-state index is -0.377. The lowest BCUT2D eigenvalue weighted by Crippen LogP contribution is -2.13. The normalized spacial score (nSPS) is 11.7. The Bertz CT molecular complexity index is 355. The molecule has 5 heteroatoms. The molecule has 0 atom stereocenters. The quantitative estimate of drug-likeness (QED) is 0.349. The van der Waals surface area contributed by atoms with Gasteiger partial charge in [0, 0.05) is 11.3 Å². The van der Waals surface area contributed by atoms with Crippen LogP contribution in [0.25, 0.3) is 0 Å². The third kappa shape index (κ3) is 2.63. The molecular weight excluding hydrogens is 203 g/mol. The summed E-state index contributed by atoms with van der Waals surface area (Å²) in [6, 6.07) is 4.37. The first kappa shape index (κ1) is 10.8. The molecule has 0 bridgehead atoms. The van der Waals surface area contributed by atoms with Crippen molar-refractivity contribution >= 4 is 17.6 Å². The van der Waals surface area contributed by atoms with Gasteiger partial charge in [0.1, 0.15) is 5.82 Å². The molecule has 0 spiro atoms. The van der Waals surface area contributed by atoms with Crippen molar-refractivity contribution in [2.45, 2.75) is 5.75 Å². The van der Waals surface area contributed by atoms with E-state index >= 15 is 0 Å². The van der Waals surface area contributed by atoms with Crippen LogP contribution < -0.4 is 5.73 Å². The second kappa shape index (κ2) is 4.85. The van der Waals surface area contributed by atoms with Crippen LogP contribution in [0.1, 0.15) is 11.1 Å². The molecule has 0 radical (unpaired) electrons. The summed E-state index contributed by atoms with van der Waals surface area (Å²) < 4.78 is 13.0. The van der Waals surface area contributed by atoms with E-state index in [9.17, 15) is 4.39 Å². The van der Waals surface area contributed by atoms with E-state index in [0.717, 1.165) is 5.56 Å². The van der Waals surface area contributed by atoms with Gasteiger partial charge in [-0.25, -0.2) is 4.39 Å². The van der Waals surface area contributed by atoms with Gasteiger partial charge in [0.2, 0.25) is 0 Å². The molecule has 0 aliphatic carbocycles. The molecule has 0 saturated heterocycles. The van der Waals surface area contributed by atoms with Crippen LogP contribution in [0, 0.1) is 5.82 Å². The Hall–Kier alpha value is -1.23. The number of nitrogens with two attached hydrogens (primary N) is 1. The first-order valence-electron chi connectivity index (χ1n) is 3.93. The van der Waals surface area contributed by atoms with E-state index < -0.39 is 0 Å². The third-order valence-electron chi connectivity index (χ3n) is 1.67. The molecule has 0 aliphatic heterocycles. The molecule has 1 rings (SSSR count). The summed E-state index contributed by atoms with van der Waals surface area (Å²) in [5.74, 6) is 0.244. The Morgan fingerprint density at radius 1 is 1.57 bits per heavy atom. The monoisotopic (exact) mass is 214 g/mol. The van der Waals surface area contributed by atoms with Gasteiger partial charge < -0.3 is 10.9 Å². The lowest BCUT2D eigenvalue weighted by Gasteiger charge is -2.03. The van der Waals surface area contributed by atoms with E-state index in [-0.39, 0.29) is 11.7 Å². The molecule has 0 aromatic heterocycles. The molecule has 0 fully saturated rings. The summed E-state index contributed by atoms with van der Waals surface area (Å²) in [5, 5.41) is 11.3. The smallest absolute Gasteiger partial charge is 0.170 e. The van der Waals surface area contributed by atoms with Gasteiger partial charge in [0.15, 0.2) is 5.84 Å². The number of nitrogens with zero attached hydrogens (tertiary/aromatic N) is 1. The van der Waals surface area contributed by atoms with Crippen molar-refractivity contribution in [3.8, 4) is 0 Å². The largest absolute Gasteiger partial charge is 0.409 e. The molecule has 1 aromatic carbocycles. The zero-order valence-electron chi connectivity index (χ0n) is 7.70. The topological polar surface area (TPSA) is 58.6 Å². The molecule has 0 heterocycles. The Balaban J connectivity index is 3.07. The summed E-state index contributed by atoms with van der Waals surface area (Å²) in [7, 11) is 0. The summed E-state index contributed by atoms with van der Waals surface area (Å²) in [6.07, 6.45) is 1.92. The highest BCUT2D eigenvalue weighted by Crippen LogP contribution is 2.13. The van der Waals surface area contributed by atoms with Crippen molar-refractivity contribution in [3.63, 3.8) is 0 Å². The van der Waals surface area contributed by atoms with Crippen LogP contribution in [0.3, 0.4) is 0 Å². The fourth-order valence-electron chi connectivity index (χ4n) is 1.11. The second-order valence-electron chi connectivity index (χ2n) is 2.77. The lowest BCUT2D eigenvalue weighted by molar-refractivity contribution is 0.318. The van der Waals surface area contributed by atoms with Gasteiger partial charge in [-0.1, -0.05) is 5.16 Å². The molecule has 0 unspecified atom stereocenters. The van der Waals surface area contributed by atoms with Gasteiger partial charge in [-0.2, -0.15) is 11.8 Å². The Labute approximate surface area is 85.8 Å². The Morgan fingerprint density at radius 3 is 2.86 bits per heavy atom. The highest BCUT2D eigenvalue weighted by molar-refractivity contribution is 7.97. The van der Waals surface area contributed by atoms with E-state index in [2.05, 4.69) is 5.16 Å². The van der Waals surface area contributed by atoms with Crippen LogP contribution in [0.15, 0.2) is 23.4 Å². The van der Waals surface area contributed by atoms with Crippen LogP contribution >= 0.6 is 11.8 Å². The van der Waals surface area contributed by atoms with Crippen LogP contribution in [0.2, 0.25) is 0 Å². The number of oxime groups is 1. The highest BCUT2D eigenvalue weighted by Gasteiger charge is 2.04. The minimum absolute atomic E-state index is 0.0770. The van der Waals surface area contributed by atoms with Gasteiger partial charge in [0.05, 0.1) is 0 Å². The van der Waals surface area contributed by atoms with Crippen molar-refractivity contribution < 1.29 is 9.60 Å². The number of benzene rings is 1. The molecule has 14 heavy (non-hydrogen) atoms. The van der Waals surface area contributed by atoms with Crippen molar-refractivity contribution in [3.05, 3.63) is 35.1 Å². The van der Waals surface area contributed by atoms with Gasteiger partial charge in [0.25, 0.3) is 0 Å². The fraction of sp³-hybridized carbons (Fsp3) is 0.222. The van der Waals surface area contributed by atoms with Crippen molar-refractivity contribution in [2.75, 3.05) is 6.26 Å². The van der Waals surface area contributed by atoms with Crippen LogP contribution in [-0.4, -0.2) is 17.3 Å². The first-order valence-corrected chi connectivity index (χ1v) is 5.33. The molecule has 0 saturated carbocycles. The van der Waals surface area contributed by atoms with E-state index in [1.165, 1.54) is 12.1 Å². The zero-order chi connectivity index (χ0) is 10.6. The summed E-state index contributed by atoms with van der Waals surface area (Å²) in [6.45, 7) is 0. The van der Waals surface area contributed by atoms with Gasteiger partial charge >= 0.3 is 0 Å². The van der Waals surface area contributed by atoms with Crippen molar-refractivity contribution in [2.24, 2.45) is 10.9 Å². The number of rotatable bonds is 3. The molecule has 3 N–H and O–H groups in total. The number of hydrogen-bond acceptors (Lipinski definition) is 3. The van der Waals surface area contributed by atoms with E-state index in [1.54, 1.807) is 17.8 Å². The van der Waals surface area contributed by atoms with E-state index in [0.29, 0.717) is 11.3 Å². The first-order chi connectivity index (χ1) is 6.67. The van der Waals surface area contributed by atoms with E-state index in [4.69, 9.17) is 10.9 Å². The van der Waals surface area contributed by atoms with Gasteiger partial charge in [-0.15, -0.1) is 0 Å². The molecular formula is C9H11FN2OS. The number of amidine groups is 1. The van der Waals surface area contributed by atoms with Crippen LogP contribution in [-0.2, 0) is 5.75 Å². The maximum Gasteiger partial charge on any atom is 0.170 e. The average molecular weight is 214 g/mol. The molecule has 0 aliphatic rings. The lowest BCUT2D eigenvalue weighted by atomic mass is 10.1. The number of hydrogen-bond donors (Lipinski definition) is 2. The number of thioether (sulfide) groups is 1. The fourth-order valence-corrected chi connectivity index (χ4v) is 1.61. The minimum Gasteiger partial charge on any atom is -0.409 e. The summed E-state index contributed by atoms with van der Waals surface area (Å²) in [4.78, 5) is 0. The maximum absolute atomic E-state index is 13.0. The standard InChI is InChI=1S/C9H11FN2OS/c1-14-5-6-2-7(9(11)12-13)4-8(10)3-6/h2-4,13H,5H2,1H3,(H2,11,12). The Kier molecular flexibility index (Phi) is 3.76. The Morgan fingerprint density at radius 2 is 2.29 bits per heavy atom. The second-order valence-corrected chi connectivity index (χ2v) is 3.63. The molecule has 3 nitrogen and oxygen atoms in total. The zero-order valence-corrected chi connectivity index (χ0v) is 8.51. The highest BCUT2D eigenvalue weighted by atomic mass is 32.2. The number of halogens is 1. The SMILES string of the molecule is CSCc1cc(F)cc(/C(N)=N/O)c1. The van der Waals surface area contributed by atoms with E-state index in [1.807, 2.05) is 6.26 Å². The van der Waals surface area contributed by atoms with Gasteiger partial charge in [-0.05, 0) is 30.0 Å². The summed E-state index contributed by atoms with van der Waals surface area (Å²) in [5.41, 5.74) is 6.57.